The lowest BCUT2D eigenvalue weighted by Gasteiger charge is -2.35. The number of piperidine rings is 1. The highest BCUT2D eigenvalue weighted by Crippen LogP contribution is 2.23. The van der Waals surface area contributed by atoms with E-state index in [9.17, 15) is 13.7 Å². The van der Waals surface area contributed by atoms with Crippen LogP contribution in [0, 0.1) is 11.3 Å². The molecule has 0 aromatic carbocycles. The van der Waals surface area contributed by atoms with Crippen LogP contribution in [0.2, 0.25) is 0 Å². The van der Waals surface area contributed by atoms with E-state index in [2.05, 4.69) is 20.7 Å². The summed E-state index contributed by atoms with van der Waals surface area (Å²) in [6.07, 6.45) is 3.91. The predicted molar refractivity (Wildman–Crippen MR) is 73.3 cm³/mol. The average Bonchev–Trinajstić information content (AvgIpc) is 2.91. The number of rotatable bonds is 4. The van der Waals surface area contributed by atoms with Crippen LogP contribution in [0.5, 0.6) is 0 Å². The lowest BCUT2D eigenvalue weighted by atomic mass is 9.91. The van der Waals surface area contributed by atoms with Crippen LogP contribution in [0.25, 0.3) is 0 Å². The third kappa shape index (κ3) is 3.00. The molecular weight excluding hydrogens is 278 g/mol. The number of hydrogen-bond donors (Lipinski definition) is 1. The predicted octanol–water partition coefficient (Wildman–Crippen LogP) is 0.169. The third-order valence-corrected chi connectivity index (χ3v) is 5.06. The number of nitrogens with one attached hydrogen (secondary N) is 1. The van der Waals surface area contributed by atoms with Crippen LogP contribution in [0.1, 0.15) is 19.8 Å². The number of hydrogen-bond acceptors (Lipinski definition) is 5. The Kier molecular flexibility index (Phi) is 4.13. The Balaban J connectivity index is 2.20. The first kappa shape index (κ1) is 15.0. The Morgan fingerprint density at radius 3 is 2.65 bits per heavy atom. The summed E-state index contributed by atoms with van der Waals surface area (Å²) in [5.41, 5.74) is -1.03. The summed E-state index contributed by atoms with van der Waals surface area (Å²) in [5.74, 6) is 0. The number of nitrogens with zero attached hydrogens (tertiary/aromatic N) is 4. The molecule has 0 saturated carbocycles. The standard InChI is InChI=1S/C12H19N5O2S/c1-3-17-8-11(14-10-17)20(18,19)15-12(9-13)4-6-16(2)7-5-12/h8,10,15H,3-7H2,1-2H3. The van der Waals surface area contributed by atoms with Gasteiger partial charge in [-0.25, -0.2) is 13.4 Å². The minimum absolute atomic E-state index is 0.0343. The summed E-state index contributed by atoms with van der Waals surface area (Å²) in [7, 11) is -1.80. The van der Waals surface area contributed by atoms with Crippen LogP contribution >= 0.6 is 0 Å². The molecule has 1 saturated heterocycles. The summed E-state index contributed by atoms with van der Waals surface area (Å²) in [6, 6.07) is 2.13. The first-order valence-corrected chi connectivity index (χ1v) is 8.05. The van der Waals surface area contributed by atoms with Crippen LogP contribution in [-0.4, -0.2) is 48.5 Å². The molecule has 2 rings (SSSR count). The molecule has 0 aliphatic carbocycles. The Labute approximate surface area is 119 Å². The Hall–Kier alpha value is -1.43. The second kappa shape index (κ2) is 5.52. The van der Waals surface area contributed by atoms with Crippen LogP contribution in [0.3, 0.4) is 0 Å². The zero-order valence-corrected chi connectivity index (χ0v) is 12.5. The lowest BCUT2D eigenvalue weighted by Crippen LogP contribution is -2.53. The number of nitriles is 1. The molecule has 0 amide bonds. The summed E-state index contributed by atoms with van der Waals surface area (Å²) < 4.78 is 28.9. The van der Waals surface area contributed by atoms with Gasteiger partial charge in [0.15, 0.2) is 5.03 Å². The zero-order valence-electron chi connectivity index (χ0n) is 11.7. The van der Waals surface area contributed by atoms with Gasteiger partial charge in [-0.3, -0.25) is 0 Å². The van der Waals surface area contributed by atoms with Gasteiger partial charge >= 0.3 is 0 Å². The molecule has 1 aromatic rings. The maximum absolute atomic E-state index is 12.3. The minimum atomic E-state index is -3.76. The van der Waals surface area contributed by atoms with Gasteiger partial charge in [0.1, 0.15) is 5.54 Å². The van der Waals surface area contributed by atoms with Crippen molar-refractivity contribution in [2.75, 3.05) is 20.1 Å². The second-order valence-electron chi connectivity index (χ2n) is 5.15. The molecule has 1 aromatic heterocycles. The van der Waals surface area contributed by atoms with Crippen molar-refractivity contribution in [1.82, 2.24) is 19.2 Å². The van der Waals surface area contributed by atoms with E-state index in [1.54, 1.807) is 4.57 Å². The molecule has 0 spiro atoms. The van der Waals surface area contributed by atoms with Gasteiger partial charge in [0.05, 0.1) is 12.4 Å². The van der Waals surface area contributed by atoms with E-state index in [1.807, 2.05) is 14.0 Å². The van der Waals surface area contributed by atoms with Crippen molar-refractivity contribution in [3.05, 3.63) is 12.5 Å². The van der Waals surface area contributed by atoms with Crippen LogP contribution in [0.4, 0.5) is 0 Å². The maximum atomic E-state index is 12.3. The molecule has 7 nitrogen and oxygen atoms in total. The largest absolute Gasteiger partial charge is 0.336 e. The van der Waals surface area contributed by atoms with Gasteiger partial charge < -0.3 is 9.47 Å². The molecule has 110 valence electrons. The second-order valence-corrected chi connectivity index (χ2v) is 6.77. The Morgan fingerprint density at radius 2 is 2.15 bits per heavy atom. The van der Waals surface area contributed by atoms with Crippen LogP contribution in [0.15, 0.2) is 17.6 Å². The third-order valence-electron chi connectivity index (χ3n) is 3.63. The van der Waals surface area contributed by atoms with Crippen molar-refractivity contribution in [2.45, 2.75) is 36.9 Å². The number of aromatic nitrogens is 2. The monoisotopic (exact) mass is 297 g/mol. The van der Waals surface area contributed by atoms with Gasteiger partial charge in [-0.1, -0.05) is 0 Å². The SMILES string of the molecule is CCn1cnc(S(=O)(=O)NC2(C#N)CCN(C)CC2)c1. The van der Waals surface area contributed by atoms with Crippen molar-refractivity contribution >= 4 is 10.0 Å². The Bertz CT molecular complexity index is 608. The van der Waals surface area contributed by atoms with Gasteiger partial charge in [-0.2, -0.15) is 9.98 Å². The highest BCUT2D eigenvalue weighted by molar-refractivity contribution is 7.89. The van der Waals surface area contributed by atoms with Gasteiger partial charge in [0.25, 0.3) is 10.0 Å². The van der Waals surface area contributed by atoms with Crippen LogP contribution < -0.4 is 4.72 Å². The van der Waals surface area contributed by atoms with E-state index in [0.29, 0.717) is 32.5 Å². The summed E-state index contributed by atoms with van der Waals surface area (Å²) >= 11 is 0. The van der Waals surface area contributed by atoms with Crippen molar-refractivity contribution in [2.24, 2.45) is 0 Å². The molecule has 1 fully saturated rings. The fourth-order valence-corrected chi connectivity index (χ4v) is 3.53. The van der Waals surface area contributed by atoms with Crippen LogP contribution in [-0.2, 0) is 16.6 Å². The zero-order chi connectivity index (χ0) is 14.8. The topological polar surface area (TPSA) is 91.0 Å². The van der Waals surface area contributed by atoms with E-state index in [-0.39, 0.29) is 5.03 Å². The number of likely N-dealkylation sites (tertiary alicyclic amines) is 1. The molecule has 0 unspecified atom stereocenters. The molecule has 1 aliphatic rings. The summed E-state index contributed by atoms with van der Waals surface area (Å²) in [4.78, 5) is 5.98. The van der Waals surface area contributed by atoms with Crippen molar-refractivity contribution < 1.29 is 8.42 Å². The smallest absolute Gasteiger partial charge is 0.260 e. The number of imidazole rings is 1. The van der Waals surface area contributed by atoms with Gasteiger partial charge in [0, 0.05) is 25.8 Å². The molecule has 0 bridgehead atoms. The number of sulfonamides is 1. The molecule has 20 heavy (non-hydrogen) atoms. The molecular formula is C12H19N5O2S. The van der Waals surface area contributed by atoms with E-state index in [4.69, 9.17) is 0 Å². The first-order chi connectivity index (χ1) is 9.41. The molecule has 1 N–H and O–H groups in total. The quantitative estimate of drug-likeness (QED) is 0.855. The van der Waals surface area contributed by atoms with Gasteiger partial charge in [-0.15, -0.1) is 0 Å². The Morgan fingerprint density at radius 1 is 1.50 bits per heavy atom. The molecule has 2 heterocycles. The summed E-state index contributed by atoms with van der Waals surface area (Å²) in [6.45, 7) is 3.94. The van der Waals surface area contributed by atoms with Crippen molar-refractivity contribution in [3.63, 3.8) is 0 Å². The molecule has 1 aliphatic heterocycles. The van der Waals surface area contributed by atoms with Crippen molar-refractivity contribution in [3.8, 4) is 6.07 Å². The normalized spacial score (nSPS) is 19.6. The van der Waals surface area contributed by atoms with E-state index >= 15 is 0 Å². The minimum Gasteiger partial charge on any atom is -0.336 e. The highest BCUT2D eigenvalue weighted by atomic mass is 32.2. The first-order valence-electron chi connectivity index (χ1n) is 6.56. The molecule has 0 atom stereocenters. The highest BCUT2D eigenvalue weighted by Gasteiger charge is 2.38. The molecule has 8 heteroatoms. The lowest BCUT2D eigenvalue weighted by molar-refractivity contribution is 0.213. The fraction of sp³-hybridized carbons (Fsp3) is 0.667. The van der Waals surface area contributed by atoms with Gasteiger partial charge in [0.2, 0.25) is 0 Å². The van der Waals surface area contributed by atoms with Gasteiger partial charge in [-0.05, 0) is 26.8 Å². The van der Waals surface area contributed by atoms with E-state index in [1.165, 1.54) is 12.5 Å². The molecule has 0 radical (unpaired) electrons. The van der Waals surface area contributed by atoms with Crippen molar-refractivity contribution in [1.29, 1.82) is 5.26 Å². The number of aryl methyl sites for hydroxylation is 1. The fourth-order valence-electron chi connectivity index (χ4n) is 2.20. The summed E-state index contributed by atoms with van der Waals surface area (Å²) in [5, 5.41) is 9.33. The van der Waals surface area contributed by atoms with E-state index < -0.39 is 15.6 Å². The van der Waals surface area contributed by atoms with E-state index in [0.717, 1.165) is 0 Å². The maximum Gasteiger partial charge on any atom is 0.260 e. The average molecular weight is 297 g/mol.